The molecule has 0 bridgehead atoms. The summed E-state index contributed by atoms with van der Waals surface area (Å²) >= 11 is 1.11. The predicted molar refractivity (Wildman–Crippen MR) is 133 cm³/mol. The Morgan fingerprint density at radius 3 is 2.59 bits per heavy atom. The van der Waals surface area contributed by atoms with Crippen molar-refractivity contribution < 1.29 is 18.0 Å². The molecule has 3 aromatic rings. The number of sulfonamides is 1. The van der Waals surface area contributed by atoms with Crippen molar-refractivity contribution in [2.45, 2.75) is 38.3 Å². The molecule has 9 heteroatoms. The van der Waals surface area contributed by atoms with Gasteiger partial charge in [0.1, 0.15) is 9.77 Å². The Morgan fingerprint density at radius 1 is 1.09 bits per heavy atom. The molecule has 0 saturated carbocycles. The molecule has 4 rings (SSSR count). The van der Waals surface area contributed by atoms with Gasteiger partial charge in [-0.2, -0.15) is 4.31 Å². The van der Waals surface area contributed by atoms with Crippen molar-refractivity contribution in [3.63, 3.8) is 0 Å². The van der Waals surface area contributed by atoms with E-state index in [1.807, 2.05) is 37.3 Å². The quantitative estimate of drug-likeness (QED) is 0.532. The molecule has 34 heavy (non-hydrogen) atoms. The summed E-state index contributed by atoms with van der Waals surface area (Å²) in [4.78, 5) is 26.7. The average molecular weight is 498 g/mol. The van der Waals surface area contributed by atoms with Gasteiger partial charge in [-0.1, -0.05) is 36.4 Å². The summed E-state index contributed by atoms with van der Waals surface area (Å²) in [6.07, 6.45) is 0.642. The van der Waals surface area contributed by atoms with Crippen molar-refractivity contribution in [3.05, 3.63) is 81.5 Å². The molecule has 0 atom stereocenters. The molecule has 0 unspecified atom stereocenters. The zero-order valence-corrected chi connectivity index (χ0v) is 20.8. The number of fused-ring (bicyclic) bond motifs is 1. The van der Waals surface area contributed by atoms with Gasteiger partial charge in [0.15, 0.2) is 0 Å². The normalized spacial score (nSPS) is 13.8. The summed E-state index contributed by atoms with van der Waals surface area (Å²) in [5.41, 5.74) is 3.57. The molecule has 7 nitrogen and oxygen atoms in total. The lowest BCUT2D eigenvalue weighted by Gasteiger charge is -2.28. The molecule has 0 fully saturated rings. The lowest BCUT2D eigenvalue weighted by molar-refractivity contribution is -0.129. The molecule has 0 radical (unpaired) electrons. The van der Waals surface area contributed by atoms with Crippen molar-refractivity contribution >= 4 is 38.9 Å². The van der Waals surface area contributed by atoms with Crippen molar-refractivity contribution in [2.24, 2.45) is 0 Å². The average Bonchev–Trinajstić information content (AvgIpc) is 3.33. The number of rotatable bonds is 7. The summed E-state index contributed by atoms with van der Waals surface area (Å²) < 4.78 is 28.3. The van der Waals surface area contributed by atoms with Crippen LogP contribution in [0.2, 0.25) is 0 Å². The maximum atomic E-state index is 13.4. The van der Waals surface area contributed by atoms with Crippen LogP contribution >= 0.6 is 11.3 Å². The van der Waals surface area contributed by atoms with Gasteiger partial charge >= 0.3 is 0 Å². The van der Waals surface area contributed by atoms with Gasteiger partial charge in [0.05, 0.1) is 0 Å². The zero-order chi connectivity index (χ0) is 24.3. The lowest BCUT2D eigenvalue weighted by Crippen LogP contribution is -2.36. The summed E-state index contributed by atoms with van der Waals surface area (Å²) in [5, 5.41) is 4.45. The van der Waals surface area contributed by atoms with Crippen LogP contribution in [0.3, 0.4) is 0 Å². The van der Waals surface area contributed by atoms with Crippen LogP contribution in [0.5, 0.6) is 0 Å². The molecule has 1 aliphatic rings. The first-order valence-corrected chi connectivity index (χ1v) is 13.4. The molecule has 2 aromatic carbocycles. The minimum absolute atomic E-state index is 0.0225. The molecule has 178 valence electrons. The molecule has 2 heterocycles. The molecule has 0 saturated heterocycles. The van der Waals surface area contributed by atoms with E-state index < -0.39 is 15.9 Å². The SMILES string of the molecule is CCN(Cc1cccc(NC(=O)c2sccc2S(=O)(=O)N2CCc3ccccc3C2)c1)C(C)=O. The first-order chi connectivity index (χ1) is 16.3. The highest BCUT2D eigenvalue weighted by Gasteiger charge is 2.32. The Bertz CT molecular complexity index is 1320. The second-order valence-corrected chi connectivity index (χ2v) is 11.0. The Kier molecular flexibility index (Phi) is 7.16. The number of nitrogens with one attached hydrogen (secondary N) is 1. The fraction of sp³-hybridized carbons (Fsp3) is 0.280. The highest BCUT2D eigenvalue weighted by atomic mass is 32.2. The molecule has 1 N–H and O–H groups in total. The third-order valence-electron chi connectivity index (χ3n) is 5.93. The fourth-order valence-corrected chi connectivity index (χ4v) is 6.80. The van der Waals surface area contributed by atoms with E-state index in [9.17, 15) is 18.0 Å². The molecule has 0 aliphatic carbocycles. The van der Waals surface area contributed by atoms with Crippen molar-refractivity contribution in [1.82, 2.24) is 9.21 Å². The Labute approximate surface area is 204 Å². The number of nitrogens with zero attached hydrogens (tertiary/aromatic N) is 2. The molecule has 1 aliphatic heterocycles. The van der Waals surface area contributed by atoms with Gasteiger partial charge < -0.3 is 10.2 Å². The minimum Gasteiger partial charge on any atom is -0.339 e. The smallest absolute Gasteiger partial charge is 0.267 e. The van der Waals surface area contributed by atoms with Gasteiger partial charge in [0.2, 0.25) is 15.9 Å². The van der Waals surface area contributed by atoms with E-state index >= 15 is 0 Å². The van der Waals surface area contributed by atoms with Gasteiger partial charge in [0.25, 0.3) is 5.91 Å². The third-order valence-corrected chi connectivity index (χ3v) is 8.86. The summed E-state index contributed by atoms with van der Waals surface area (Å²) in [5.74, 6) is -0.493. The second kappa shape index (κ2) is 10.1. The van der Waals surface area contributed by atoms with Gasteiger partial charge in [-0.3, -0.25) is 9.59 Å². The number of carbonyl (C=O) groups is 2. The van der Waals surface area contributed by atoms with Crippen LogP contribution < -0.4 is 5.32 Å². The number of anilines is 1. The van der Waals surface area contributed by atoms with E-state index in [2.05, 4.69) is 5.32 Å². The number of benzene rings is 2. The summed E-state index contributed by atoms with van der Waals surface area (Å²) in [7, 11) is -3.83. The van der Waals surface area contributed by atoms with Gasteiger partial charge in [-0.05, 0) is 53.6 Å². The highest BCUT2D eigenvalue weighted by molar-refractivity contribution is 7.89. The number of hydrogen-bond donors (Lipinski definition) is 1. The van der Waals surface area contributed by atoms with Crippen LogP contribution in [0.25, 0.3) is 0 Å². The van der Waals surface area contributed by atoms with Crippen molar-refractivity contribution in [2.75, 3.05) is 18.4 Å². The number of amides is 2. The second-order valence-electron chi connectivity index (χ2n) is 8.16. The van der Waals surface area contributed by atoms with Crippen LogP contribution in [-0.4, -0.2) is 42.5 Å². The summed E-state index contributed by atoms with van der Waals surface area (Å²) in [6.45, 7) is 5.12. The Morgan fingerprint density at radius 2 is 1.85 bits per heavy atom. The predicted octanol–water partition coefficient (Wildman–Crippen LogP) is 4.12. The van der Waals surface area contributed by atoms with Gasteiger partial charge in [-0.25, -0.2) is 8.42 Å². The summed E-state index contributed by atoms with van der Waals surface area (Å²) in [6, 6.07) is 16.6. The van der Waals surface area contributed by atoms with E-state index in [0.717, 1.165) is 28.0 Å². The Balaban J connectivity index is 1.52. The number of thiophene rings is 1. The molecular weight excluding hydrogens is 470 g/mol. The molecule has 2 amide bonds. The van der Waals surface area contributed by atoms with E-state index in [4.69, 9.17) is 0 Å². The fourth-order valence-electron chi connectivity index (χ4n) is 4.08. The highest BCUT2D eigenvalue weighted by Crippen LogP contribution is 2.30. The molecule has 1 aromatic heterocycles. The van der Waals surface area contributed by atoms with E-state index in [1.165, 1.54) is 17.3 Å². The van der Waals surface area contributed by atoms with Crippen molar-refractivity contribution in [3.8, 4) is 0 Å². The molecule has 0 spiro atoms. The number of carbonyl (C=O) groups excluding carboxylic acids is 2. The topological polar surface area (TPSA) is 86.8 Å². The van der Waals surface area contributed by atoms with Crippen LogP contribution in [0, 0.1) is 0 Å². The maximum absolute atomic E-state index is 13.4. The molecular formula is C25H27N3O4S2. The first-order valence-electron chi connectivity index (χ1n) is 11.1. The largest absolute Gasteiger partial charge is 0.339 e. The Hall–Kier alpha value is -3.01. The zero-order valence-electron chi connectivity index (χ0n) is 19.2. The van der Waals surface area contributed by atoms with Crippen molar-refractivity contribution in [1.29, 1.82) is 0 Å². The first kappa shape index (κ1) is 24.1. The van der Waals surface area contributed by atoms with Crippen LogP contribution in [-0.2, 0) is 34.3 Å². The van der Waals surface area contributed by atoms with Crippen LogP contribution in [0.4, 0.5) is 5.69 Å². The van der Waals surface area contributed by atoms with E-state index in [0.29, 0.717) is 38.3 Å². The van der Waals surface area contributed by atoms with Crippen LogP contribution in [0.1, 0.15) is 40.2 Å². The van der Waals surface area contributed by atoms with E-state index in [-0.39, 0.29) is 15.7 Å². The standard InChI is InChI=1S/C25H27N3O4S2/c1-3-27(18(2)29)16-19-7-6-10-22(15-19)26-25(30)24-23(12-14-33-24)34(31,32)28-13-11-20-8-4-5-9-21(20)17-28/h4-10,12,14-15H,3,11,13,16-17H2,1-2H3,(H,26,30). The van der Waals surface area contributed by atoms with Gasteiger partial charge in [0, 0.05) is 38.8 Å². The van der Waals surface area contributed by atoms with Gasteiger partial charge in [-0.15, -0.1) is 11.3 Å². The number of hydrogen-bond acceptors (Lipinski definition) is 5. The monoisotopic (exact) mass is 497 g/mol. The maximum Gasteiger partial charge on any atom is 0.267 e. The lowest BCUT2D eigenvalue weighted by atomic mass is 10.0. The van der Waals surface area contributed by atoms with Crippen LogP contribution in [0.15, 0.2) is 64.9 Å². The third kappa shape index (κ3) is 5.06. The minimum atomic E-state index is -3.83. The van der Waals surface area contributed by atoms with E-state index in [1.54, 1.807) is 28.5 Å².